The molecule has 0 radical (unpaired) electrons. The zero-order valence-corrected chi connectivity index (χ0v) is 13.3. The molecule has 18 heavy (non-hydrogen) atoms. The minimum atomic E-state index is 0. The number of hydrogen-bond donors (Lipinski definition) is 1. The lowest BCUT2D eigenvalue weighted by molar-refractivity contribution is 0.0767. The minimum absolute atomic E-state index is 0. The monoisotopic (exact) mass is 289 g/mol. The van der Waals surface area contributed by atoms with Gasteiger partial charge in [-0.1, -0.05) is 19.3 Å². The largest absolute Gasteiger partial charge is 0.311 e. The quantitative estimate of drug-likeness (QED) is 0.833. The van der Waals surface area contributed by atoms with Gasteiger partial charge in [-0.25, -0.2) is 0 Å². The molecule has 3 aliphatic rings. The van der Waals surface area contributed by atoms with Gasteiger partial charge in [0.25, 0.3) is 0 Å². The maximum absolute atomic E-state index is 3.83. The van der Waals surface area contributed by atoms with Crippen LogP contribution in [0.3, 0.4) is 0 Å². The fourth-order valence-electron chi connectivity index (χ4n) is 4.86. The molecule has 0 spiro atoms. The van der Waals surface area contributed by atoms with Crippen molar-refractivity contribution in [1.82, 2.24) is 5.32 Å². The van der Waals surface area contributed by atoms with Gasteiger partial charge in [-0.3, -0.25) is 0 Å². The summed E-state index contributed by atoms with van der Waals surface area (Å²) >= 11 is 2.10. The van der Waals surface area contributed by atoms with Crippen LogP contribution in [0.15, 0.2) is 0 Å². The van der Waals surface area contributed by atoms with E-state index < -0.39 is 0 Å². The summed E-state index contributed by atoms with van der Waals surface area (Å²) in [5, 5.41) is 3.83. The van der Waals surface area contributed by atoms with Gasteiger partial charge in [0, 0.05) is 12.1 Å². The van der Waals surface area contributed by atoms with Crippen LogP contribution in [0, 0.1) is 11.3 Å². The van der Waals surface area contributed by atoms with Crippen LogP contribution in [-0.2, 0) is 0 Å². The van der Waals surface area contributed by atoms with Crippen molar-refractivity contribution in [2.24, 2.45) is 11.3 Å². The molecule has 0 amide bonds. The maximum Gasteiger partial charge on any atom is 0.00759 e. The van der Waals surface area contributed by atoms with Crippen molar-refractivity contribution in [2.75, 3.05) is 12.0 Å². The summed E-state index contributed by atoms with van der Waals surface area (Å²) in [6.07, 6.45) is 15.7. The molecule has 1 nitrogen and oxygen atoms in total. The SMILES string of the molecule is CSCC1(C2CCCCC2)CC2CCC(C1)N2.Cl. The van der Waals surface area contributed by atoms with Crippen LogP contribution >= 0.6 is 24.2 Å². The standard InChI is InChI=1S/C15H27NS.ClH/c1-17-11-15(12-5-3-2-4-6-12)9-13-7-8-14(10-15)16-13;/h12-14,16H,2-11H2,1H3;1H. The number of rotatable bonds is 3. The van der Waals surface area contributed by atoms with E-state index in [0.717, 1.165) is 18.0 Å². The van der Waals surface area contributed by atoms with E-state index in [9.17, 15) is 0 Å². The van der Waals surface area contributed by atoms with Crippen LogP contribution in [0.5, 0.6) is 0 Å². The summed E-state index contributed by atoms with van der Waals surface area (Å²) in [5.74, 6) is 2.47. The molecule has 0 aromatic rings. The van der Waals surface area contributed by atoms with Gasteiger partial charge in [0.15, 0.2) is 0 Å². The Kier molecular flexibility index (Phi) is 5.30. The second-order valence-corrected chi connectivity index (χ2v) is 7.54. The van der Waals surface area contributed by atoms with Crippen LogP contribution in [0.1, 0.15) is 57.8 Å². The van der Waals surface area contributed by atoms with Crippen molar-refractivity contribution in [1.29, 1.82) is 0 Å². The molecule has 2 saturated heterocycles. The molecule has 3 heteroatoms. The lowest BCUT2D eigenvalue weighted by atomic mass is 9.63. The molecule has 3 rings (SSSR count). The van der Waals surface area contributed by atoms with Crippen molar-refractivity contribution >= 4 is 24.2 Å². The fourth-order valence-corrected chi connectivity index (χ4v) is 5.91. The van der Waals surface area contributed by atoms with Crippen LogP contribution < -0.4 is 5.32 Å². The highest BCUT2D eigenvalue weighted by Crippen LogP contribution is 2.51. The summed E-state index contributed by atoms with van der Waals surface area (Å²) < 4.78 is 0. The van der Waals surface area contributed by atoms with E-state index in [4.69, 9.17) is 0 Å². The zero-order chi connectivity index (χ0) is 11.7. The topological polar surface area (TPSA) is 12.0 Å². The van der Waals surface area contributed by atoms with Crippen molar-refractivity contribution < 1.29 is 0 Å². The first-order chi connectivity index (χ1) is 8.32. The van der Waals surface area contributed by atoms with Crippen LogP contribution in [0.4, 0.5) is 0 Å². The highest BCUT2D eigenvalue weighted by Gasteiger charge is 2.47. The summed E-state index contributed by atoms with van der Waals surface area (Å²) in [4.78, 5) is 0. The van der Waals surface area contributed by atoms with Gasteiger partial charge < -0.3 is 5.32 Å². The molecular weight excluding hydrogens is 262 g/mol. The third-order valence-corrected chi connectivity index (χ3v) is 6.41. The Bertz CT molecular complexity index is 253. The molecule has 1 N–H and O–H groups in total. The van der Waals surface area contributed by atoms with E-state index >= 15 is 0 Å². The Balaban J connectivity index is 0.00000120. The van der Waals surface area contributed by atoms with E-state index in [-0.39, 0.29) is 12.4 Å². The lowest BCUT2D eigenvalue weighted by Crippen LogP contribution is -2.49. The predicted octanol–water partition coefficient (Wildman–Crippen LogP) is 4.25. The van der Waals surface area contributed by atoms with Gasteiger partial charge in [-0.15, -0.1) is 12.4 Å². The molecule has 2 aliphatic heterocycles. The summed E-state index contributed by atoms with van der Waals surface area (Å²) in [6, 6.07) is 1.73. The minimum Gasteiger partial charge on any atom is -0.311 e. The molecular formula is C15H28ClNS. The summed E-state index contributed by atoms with van der Waals surface area (Å²) in [5.41, 5.74) is 0.705. The van der Waals surface area contributed by atoms with Gasteiger partial charge in [0.05, 0.1) is 0 Å². The second-order valence-electron chi connectivity index (χ2n) is 6.68. The molecule has 3 fully saturated rings. The Morgan fingerprint density at radius 2 is 1.61 bits per heavy atom. The fraction of sp³-hybridized carbons (Fsp3) is 1.00. The van der Waals surface area contributed by atoms with Crippen molar-refractivity contribution in [3.8, 4) is 0 Å². The normalized spacial score (nSPS) is 40.5. The molecule has 2 unspecified atom stereocenters. The number of fused-ring (bicyclic) bond motifs is 2. The third-order valence-electron chi connectivity index (χ3n) is 5.54. The number of halogens is 1. The van der Waals surface area contributed by atoms with Crippen molar-refractivity contribution in [3.05, 3.63) is 0 Å². The van der Waals surface area contributed by atoms with Crippen molar-refractivity contribution in [2.45, 2.75) is 69.9 Å². The van der Waals surface area contributed by atoms with Crippen LogP contribution in [0.2, 0.25) is 0 Å². The second kappa shape index (κ2) is 6.37. The lowest BCUT2D eigenvalue weighted by Gasteiger charge is -2.48. The molecule has 2 bridgehead atoms. The average Bonchev–Trinajstić information content (AvgIpc) is 2.71. The number of nitrogens with one attached hydrogen (secondary N) is 1. The molecule has 2 heterocycles. The third kappa shape index (κ3) is 2.86. The van der Waals surface area contributed by atoms with Gasteiger partial charge in [-0.2, -0.15) is 11.8 Å². The Labute approximate surface area is 123 Å². The van der Waals surface area contributed by atoms with E-state index in [0.29, 0.717) is 5.41 Å². The van der Waals surface area contributed by atoms with Gasteiger partial charge in [0.1, 0.15) is 0 Å². The number of thioether (sulfide) groups is 1. The smallest absolute Gasteiger partial charge is 0.00759 e. The number of hydrogen-bond acceptors (Lipinski definition) is 2. The summed E-state index contributed by atoms with van der Waals surface area (Å²) in [6.45, 7) is 0. The van der Waals surface area contributed by atoms with Gasteiger partial charge in [0.2, 0.25) is 0 Å². The molecule has 1 aliphatic carbocycles. The van der Waals surface area contributed by atoms with Crippen LogP contribution in [-0.4, -0.2) is 24.1 Å². The van der Waals surface area contributed by atoms with Gasteiger partial charge in [-0.05, 0) is 61.9 Å². The predicted molar refractivity (Wildman–Crippen MR) is 83.8 cm³/mol. The van der Waals surface area contributed by atoms with Crippen LogP contribution in [0.25, 0.3) is 0 Å². The Morgan fingerprint density at radius 1 is 1.00 bits per heavy atom. The molecule has 0 aromatic heterocycles. The van der Waals surface area contributed by atoms with E-state index in [1.54, 1.807) is 0 Å². The Hall–Kier alpha value is 0.600. The highest BCUT2D eigenvalue weighted by molar-refractivity contribution is 7.98. The molecule has 106 valence electrons. The molecule has 0 aromatic carbocycles. The summed E-state index contributed by atoms with van der Waals surface area (Å²) in [7, 11) is 0. The first-order valence-corrected chi connectivity index (χ1v) is 8.97. The molecule has 2 atom stereocenters. The van der Waals surface area contributed by atoms with Crippen molar-refractivity contribution in [3.63, 3.8) is 0 Å². The first kappa shape index (κ1) is 15.0. The van der Waals surface area contributed by atoms with E-state index in [1.165, 1.54) is 63.5 Å². The zero-order valence-electron chi connectivity index (χ0n) is 11.6. The van der Waals surface area contributed by atoms with E-state index in [2.05, 4.69) is 23.3 Å². The first-order valence-electron chi connectivity index (χ1n) is 7.57. The highest BCUT2D eigenvalue weighted by atomic mass is 35.5. The van der Waals surface area contributed by atoms with Gasteiger partial charge >= 0.3 is 0 Å². The average molecular weight is 290 g/mol. The number of piperidine rings is 1. The molecule has 1 saturated carbocycles. The Morgan fingerprint density at radius 3 is 2.17 bits per heavy atom. The maximum atomic E-state index is 3.83. The van der Waals surface area contributed by atoms with E-state index in [1.807, 2.05) is 0 Å².